The Balaban J connectivity index is 1.60. The number of ether oxygens (including phenoxy) is 1. The summed E-state index contributed by atoms with van der Waals surface area (Å²) in [5.74, 6) is 1.65. The molecule has 1 aromatic heterocycles. The lowest BCUT2D eigenvalue weighted by molar-refractivity contribution is 0.341. The van der Waals surface area contributed by atoms with E-state index in [1.807, 2.05) is 55.5 Å². The Labute approximate surface area is 143 Å². The molecule has 3 rings (SSSR count). The largest absolute Gasteiger partial charge is 0.492 e. The van der Waals surface area contributed by atoms with Gasteiger partial charge in [-0.2, -0.15) is 4.68 Å². The van der Waals surface area contributed by atoms with Gasteiger partial charge in [0.1, 0.15) is 5.75 Å². The third-order valence-corrected chi connectivity index (χ3v) is 4.28. The van der Waals surface area contributed by atoms with Crippen molar-refractivity contribution >= 4 is 23.4 Å². The van der Waals surface area contributed by atoms with E-state index in [2.05, 4.69) is 15.5 Å². The first-order chi connectivity index (χ1) is 11.2. The average Bonchev–Trinajstić information content (AvgIpc) is 3.01. The molecular weight excluding hydrogens is 332 g/mol. The highest BCUT2D eigenvalue weighted by molar-refractivity contribution is 7.99. The summed E-state index contributed by atoms with van der Waals surface area (Å²) in [6.45, 7) is 2.61. The van der Waals surface area contributed by atoms with E-state index in [9.17, 15) is 0 Å². The van der Waals surface area contributed by atoms with Crippen molar-refractivity contribution in [3.8, 4) is 11.4 Å². The van der Waals surface area contributed by atoms with Crippen LogP contribution in [0, 0.1) is 6.92 Å². The molecule has 0 amide bonds. The molecule has 118 valence electrons. The van der Waals surface area contributed by atoms with Crippen LogP contribution >= 0.6 is 23.4 Å². The van der Waals surface area contributed by atoms with E-state index in [4.69, 9.17) is 16.3 Å². The lowest BCUT2D eigenvalue weighted by Crippen LogP contribution is -2.04. The van der Waals surface area contributed by atoms with E-state index in [-0.39, 0.29) is 0 Å². The van der Waals surface area contributed by atoms with Crippen LogP contribution < -0.4 is 4.74 Å². The standard InChI is InChI=1S/C16H15ClN4OS/c1-12-5-2-3-8-15(12)22-9-10-23-16-18-19-20-21(16)14-7-4-6-13(17)11-14/h2-8,11H,9-10H2,1H3. The Kier molecular flexibility index (Phi) is 5.15. The van der Waals surface area contributed by atoms with Gasteiger partial charge in [0.15, 0.2) is 0 Å². The minimum atomic E-state index is 0.581. The molecule has 0 saturated heterocycles. The fourth-order valence-corrected chi connectivity index (χ4v) is 2.93. The monoisotopic (exact) mass is 346 g/mol. The normalized spacial score (nSPS) is 10.7. The summed E-state index contributed by atoms with van der Waals surface area (Å²) in [4.78, 5) is 0. The number of benzene rings is 2. The zero-order chi connectivity index (χ0) is 16.1. The molecule has 5 nitrogen and oxygen atoms in total. The molecule has 1 heterocycles. The van der Waals surface area contributed by atoms with Crippen molar-refractivity contribution in [1.82, 2.24) is 20.2 Å². The third kappa shape index (κ3) is 4.03. The molecule has 3 aromatic rings. The van der Waals surface area contributed by atoms with E-state index in [1.165, 1.54) is 11.8 Å². The molecule has 0 bridgehead atoms. The minimum Gasteiger partial charge on any atom is -0.492 e. The number of hydrogen-bond donors (Lipinski definition) is 0. The molecule has 0 aliphatic carbocycles. The van der Waals surface area contributed by atoms with Crippen LogP contribution in [0.1, 0.15) is 5.56 Å². The van der Waals surface area contributed by atoms with E-state index in [0.717, 1.165) is 22.8 Å². The van der Waals surface area contributed by atoms with Crippen LogP contribution in [0.4, 0.5) is 0 Å². The zero-order valence-electron chi connectivity index (χ0n) is 12.5. The number of nitrogens with zero attached hydrogens (tertiary/aromatic N) is 4. The first kappa shape index (κ1) is 15.8. The second-order valence-electron chi connectivity index (χ2n) is 4.82. The maximum Gasteiger partial charge on any atom is 0.214 e. The van der Waals surface area contributed by atoms with E-state index < -0.39 is 0 Å². The van der Waals surface area contributed by atoms with Crippen LogP contribution in [0.25, 0.3) is 5.69 Å². The number of hydrogen-bond acceptors (Lipinski definition) is 5. The molecule has 7 heteroatoms. The lowest BCUT2D eigenvalue weighted by atomic mass is 10.2. The minimum absolute atomic E-state index is 0.581. The highest BCUT2D eigenvalue weighted by Gasteiger charge is 2.09. The van der Waals surface area contributed by atoms with Gasteiger partial charge in [-0.05, 0) is 47.2 Å². The average molecular weight is 347 g/mol. The van der Waals surface area contributed by atoms with Crippen molar-refractivity contribution in [3.63, 3.8) is 0 Å². The predicted octanol–water partition coefficient (Wildman–Crippen LogP) is 3.80. The predicted molar refractivity (Wildman–Crippen MR) is 91.6 cm³/mol. The first-order valence-electron chi connectivity index (χ1n) is 7.09. The van der Waals surface area contributed by atoms with Crippen molar-refractivity contribution < 1.29 is 4.74 Å². The summed E-state index contributed by atoms with van der Waals surface area (Å²) in [6.07, 6.45) is 0. The SMILES string of the molecule is Cc1ccccc1OCCSc1nnnn1-c1cccc(Cl)c1. The molecule has 0 aliphatic rings. The van der Waals surface area contributed by atoms with Crippen molar-refractivity contribution in [2.24, 2.45) is 0 Å². The molecule has 0 spiro atoms. The quantitative estimate of drug-likeness (QED) is 0.502. The Morgan fingerprint density at radius 1 is 1.17 bits per heavy atom. The number of aromatic nitrogens is 4. The summed E-state index contributed by atoms with van der Waals surface area (Å²) < 4.78 is 7.45. The summed E-state index contributed by atoms with van der Waals surface area (Å²) in [5.41, 5.74) is 1.96. The maximum atomic E-state index is 6.01. The summed E-state index contributed by atoms with van der Waals surface area (Å²) in [5, 5.41) is 13.2. The van der Waals surface area contributed by atoms with Crippen LogP contribution in [0.2, 0.25) is 5.02 Å². The van der Waals surface area contributed by atoms with Gasteiger partial charge in [0.25, 0.3) is 0 Å². The molecule has 23 heavy (non-hydrogen) atoms. The van der Waals surface area contributed by atoms with Gasteiger partial charge in [-0.1, -0.05) is 47.6 Å². The molecule has 0 N–H and O–H groups in total. The molecule has 0 unspecified atom stereocenters. The Bertz CT molecular complexity index is 793. The number of halogens is 1. The second-order valence-corrected chi connectivity index (χ2v) is 6.31. The Hall–Kier alpha value is -2.05. The molecule has 0 radical (unpaired) electrons. The zero-order valence-corrected chi connectivity index (χ0v) is 14.1. The highest BCUT2D eigenvalue weighted by atomic mass is 35.5. The van der Waals surface area contributed by atoms with Crippen LogP contribution in [0.5, 0.6) is 5.75 Å². The Morgan fingerprint density at radius 2 is 2.04 bits per heavy atom. The maximum absolute atomic E-state index is 6.01. The van der Waals surface area contributed by atoms with Gasteiger partial charge in [-0.15, -0.1) is 5.10 Å². The molecule has 2 aromatic carbocycles. The van der Waals surface area contributed by atoms with Crippen molar-refractivity contribution in [2.75, 3.05) is 12.4 Å². The van der Waals surface area contributed by atoms with Gasteiger partial charge in [0.05, 0.1) is 12.3 Å². The van der Waals surface area contributed by atoms with E-state index in [0.29, 0.717) is 16.8 Å². The van der Waals surface area contributed by atoms with Crippen LogP contribution in [0.15, 0.2) is 53.7 Å². The van der Waals surface area contributed by atoms with E-state index >= 15 is 0 Å². The van der Waals surface area contributed by atoms with Crippen LogP contribution in [0.3, 0.4) is 0 Å². The Morgan fingerprint density at radius 3 is 2.87 bits per heavy atom. The fourth-order valence-electron chi connectivity index (χ4n) is 2.04. The summed E-state index contributed by atoms with van der Waals surface area (Å²) in [7, 11) is 0. The smallest absolute Gasteiger partial charge is 0.214 e. The van der Waals surface area contributed by atoms with Gasteiger partial charge in [-0.25, -0.2) is 0 Å². The van der Waals surface area contributed by atoms with Crippen molar-refractivity contribution in [1.29, 1.82) is 0 Å². The van der Waals surface area contributed by atoms with Gasteiger partial charge in [0, 0.05) is 10.8 Å². The van der Waals surface area contributed by atoms with Gasteiger partial charge in [0.2, 0.25) is 5.16 Å². The highest BCUT2D eigenvalue weighted by Crippen LogP contribution is 2.21. The third-order valence-electron chi connectivity index (χ3n) is 3.16. The molecular formula is C16H15ClN4OS. The molecule has 0 atom stereocenters. The van der Waals surface area contributed by atoms with Crippen LogP contribution in [-0.2, 0) is 0 Å². The lowest BCUT2D eigenvalue weighted by Gasteiger charge is -2.08. The number of tetrazole rings is 1. The molecule has 0 saturated carbocycles. The number of aryl methyl sites for hydroxylation is 1. The number of thioether (sulfide) groups is 1. The fraction of sp³-hybridized carbons (Fsp3) is 0.188. The molecule has 0 fully saturated rings. The van der Waals surface area contributed by atoms with Crippen LogP contribution in [-0.4, -0.2) is 32.6 Å². The second kappa shape index (κ2) is 7.48. The number of rotatable bonds is 6. The van der Waals surface area contributed by atoms with E-state index in [1.54, 1.807) is 4.68 Å². The topological polar surface area (TPSA) is 52.8 Å². The summed E-state index contributed by atoms with van der Waals surface area (Å²) in [6, 6.07) is 15.4. The van der Waals surface area contributed by atoms with Gasteiger partial charge < -0.3 is 4.74 Å². The number of para-hydroxylation sites is 1. The van der Waals surface area contributed by atoms with Gasteiger partial charge in [-0.3, -0.25) is 0 Å². The molecule has 0 aliphatic heterocycles. The van der Waals surface area contributed by atoms with Gasteiger partial charge >= 0.3 is 0 Å². The summed E-state index contributed by atoms with van der Waals surface area (Å²) >= 11 is 7.55. The van der Waals surface area contributed by atoms with Crippen molar-refractivity contribution in [2.45, 2.75) is 12.1 Å². The van der Waals surface area contributed by atoms with Crippen molar-refractivity contribution in [3.05, 3.63) is 59.1 Å². The first-order valence-corrected chi connectivity index (χ1v) is 8.46.